The van der Waals surface area contributed by atoms with E-state index in [1.54, 1.807) is 12.3 Å². The summed E-state index contributed by atoms with van der Waals surface area (Å²) in [6, 6.07) is 4.79. The van der Waals surface area contributed by atoms with Crippen molar-refractivity contribution in [2.45, 2.75) is 19.9 Å². The SMILES string of the molecule is COc1ncc(CN2CC(C(=O)O)Cc3cc(F)ccc32)c(C)n1. The Labute approximate surface area is 138 Å². The van der Waals surface area contributed by atoms with Gasteiger partial charge in [0, 0.05) is 36.2 Å². The molecule has 1 N–H and O–H groups in total. The Hall–Kier alpha value is -2.70. The maximum Gasteiger partial charge on any atom is 0.316 e. The van der Waals surface area contributed by atoms with E-state index in [2.05, 4.69) is 9.97 Å². The fourth-order valence-electron chi connectivity index (χ4n) is 2.97. The Morgan fingerprint density at radius 2 is 2.29 bits per heavy atom. The summed E-state index contributed by atoms with van der Waals surface area (Å²) in [4.78, 5) is 21.7. The lowest BCUT2D eigenvalue weighted by molar-refractivity contribution is -0.141. The van der Waals surface area contributed by atoms with Crippen molar-refractivity contribution < 1.29 is 19.0 Å². The molecule has 6 nitrogen and oxygen atoms in total. The monoisotopic (exact) mass is 331 g/mol. The van der Waals surface area contributed by atoms with Gasteiger partial charge in [0.15, 0.2) is 0 Å². The van der Waals surface area contributed by atoms with Crippen LogP contribution in [0.3, 0.4) is 0 Å². The summed E-state index contributed by atoms with van der Waals surface area (Å²) in [5.74, 6) is -1.81. The number of fused-ring (bicyclic) bond motifs is 1. The van der Waals surface area contributed by atoms with Crippen LogP contribution in [0.4, 0.5) is 10.1 Å². The molecule has 0 aliphatic carbocycles. The normalized spacial score (nSPS) is 16.6. The zero-order chi connectivity index (χ0) is 17.3. The van der Waals surface area contributed by atoms with Gasteiger partial charge >= 0.3 is 12.0 Å². The number of carboxylic acids is 1. The zero-order valence-corrected chi connectivity index (χ0v) is 13.5. The number of carbonyl (C=O) groups is 1. The Morgan fingerprint density at radius 3 is 2.96 bits per heavy atom. The molecular weight excluding hydrogens is 313 g/mol. The minimum atomic E-state index is -0.877. The first-order chi connectivity index (χ1) is 11.5. The highest BCUT2D eigenvalue weighted by Gasteiger charge is 2.29. The molecule has 1 aliphatic rings. The van der Waals surface area contributed by atoms with Gasteiger partial charge in [0.25, 0.3) is 0 Å². The predicted molar refractivity (Wildman–Crippen MR) is 85.6 cm³/mol. The number of methoxy groups -OCH3 is 1. The number of halogens is 1. The zero-order valence-electron chi connectivity index (χ0n) is 13.5. The molecule has 1 unspecified atom stereocenters. The number of hydrogen-bond donors (Lipinski definition) is 1. The van der Waals surface area contributed by atoms with Crippen molar-refractivity contribution in [2.24, 2.45) is 5.92 Å². The van der Waals surface area contributed by atoms with E-state index in [4.69, 9.17) is 4.74 Å². The summed E-state index contributed by atoms with van der Waals surface area (Å²) < 4.78 is 18.5. The Kier molecular flexibility index (Phi) is 4.33. The maximum absolute atomic E-state index is 13.5. The van der Waals surface area contributed by atoms with Crippen molar-refractivity contribution in [2.75, 3.05) is 18.6 Å². The molecule has 0 saturated carbocycles. The van der Waals surface area contributed by atoms with Crippen LogP contribution in [-0.2, 0) is 17.8 Å². The highest BCUT2D eigenvalue weighted by molar-refractivity contribution is 5.74. The van der Waals surface area contributed by atoms with E-state index in [9.17, 15) is 14.3 Å². The van der Waals surface area contributed by atoms with E-state index in [1.165, 1.54) is 19.2 Å². The van der Waals surface area contributed by atoms with Crippen LogP contribution in [0.1, 0.15) is 16.8 Å². The molecular formula is C17H18FN3O3. The van der Waals surface area contributed by atoms with Crippen LogP contribution < -0.4 is 9.64 Å². The highest BCUT2D eigenvalue weighted by atomic mass is 19.1. The third-order valence-electron chi connectivity index (χ3n) is 4.24. The van der Waals surface area contributed by atoms with Crippen molar-refractivity contribution in [3.63, 3.8) is 0 Å². The van der Waals surface area contributed by atoms with Crippen LogP contribution in [0.15, 0.2) is 24.4 Å². The van der Waals surface area contributed by atoms with Crippen molar-refractivity contribution in [3.8, 4) is 6.01 Å². The van der Waals surface area contributed by atoms with Crippen LogP contribution in [0, 0.1) is 18.7 Å². The van der Waals surface area contributed by atoms with Crippen LogP contribution in [0.5, 0.6) is 6.01 Å². The average molecular weight is 331 g/mol. The second kappa shape index (κ2) is 6.43. The van der Waals surface area contributed by atoms with Crippen molar-refractivity contribution >= 4 is 11.7 Å². The third-order valence-corrected chi connectivity index (χ3v) is 4.24. The van der Waals surface area contributed by atoms with E-state index in [0.29, 0.717) is 31.1 Å². The molecule has 0 spiro atoms. The second-order valence-electron chi connectivity index (χ2n) is 5.86. The van der Waals surface area contributed by atoms with E-state index in [-0.39, 0.29) is 5.82 Å². The molecule has 1 atom stereocenters. The highest BCUT2D eigenvalue weighted by Crippen LogP contribution is 2.32. The van der Waals surface area contributed by atoms with Gasteiger partial charge in [-0.25, -0.2) is 14.4 Å². The number of nitrogens with zero attached hydrogens (tertiary/aromatic N) is 3. The first-order valence-corrected chi connectivity index (χ1v) is 7.60. The van der Waals surface area contributed by atoms with E-state index < -0.39 is 11.9 Å². The lowest BCUT2D eigenvalue weighted by atomic mass is 9.92. The lowest BCUT2D eigenvalue weighted by Crippen LogP contribution is -2.38. The van der Waals surface area contributed by atoms with Crippen LogP contribution in [-0.4, -0.2) is 34.7 Å². The van der Waals surface area contributed by atoms with Gasteiger partial charge in [0.05, 0.1) is 13.0 Å². The second-order valence-corrected chi connectivity index (χ2v) is 5.86. The van der Waals surface area contributed by atoms with Gasteiger partial charge in [0.1, 0.15) is 5.82 Å². The number of carboxylic acid groups (broad SMARTS) is 1. The molecule has 1 aromatic heterocycles. The van der Waals surface area contributed by atoms with Gasteiger partial charge in [-0.05, 0) is 37.1 Å². The van der Waals surface area contributed by atoms with Crippen molar-refractivity contribution in [1.29, 1.82) is 0 Å². The summed E-state index contributed by atoms with van der Waals surface area (Å²) in [7, 11) is 1.50. The maximum atomic E-state index is 13.5. The van der Waals surface area contributed by atoms with Crippen molar-refractivity contribution in [3.05, 3.63) is 47.0 Å². The molecule has 0 bridgehead atoms. The summed E-state index contributed by atoms with van der Waals surface area (Å²) in [6.45, 7) is 2.67. The molecule has 24 heavy (non-hydrogen) atoms. The standard InChI is InChI=1S/C17H18FN3O3/c1-10-13(7-19-17(20-10)24-2)9-21-8-12(16(22)23)5-11-6-14(18)3-4-15(11)21/h3-4,6-7,12H,5,8-9H2,1-2H3,(H,22,23). The third kappa shape index (κ3) is 3.15. The van der Waals surface area contributed by atoms with Gasteiger partial charge in [0.2, 0.25) is 0 Å². The summed E-state index contributed by atoms with van der Waals surface area (Å²) in [5.41, 5.74) is 3.20. The first-order valence-electron chi connectivity index (χ1n) is 7.60. The number of aryl methyl sites for hydroxylation is 1. The first kappa shape index (κ1) is 16.2. The predicted octanol–water partition coefficient (Wildman–Crippen LogP) is 2.20. The molecule has 3 rings (SSSR count). The number of ether oxygens (including phenoxy) is 1. The van der Waals surface area contributed by atoms with E-state index in [1.807, 2.05) is 11.8 Å². The number of hydrogen-bond acceptors (Lipinski definition) is 5. The number of benzene rings is 1. The van der Waals surface area contributed by atoms with Crippen LogP contribution in [0.25, 0.3) is 0 Å². The lowest BCUT2D eigenvalue weighted by Gasteiger charge is -2.34. The Bertz CT molecular complexity index is 782. The molecule has 0 saturated heterocycles. The quantitative estimate of drug-likeness (QED) is 0.926. The molecule has 0 amide bonds. The van der Waals surface area contributed by atoms with Gasteiger partial charge in [-0.2, -0.15) is 0 Å². The molecule has 0 fully saturated rings. The minimum Gasteiger partial charge on any atom is -0.481 e. The molecule has 1 aromatic carbocycles. The largest absolute Gasteiger partial charge is 0.481 e. The molecule has 126 valence electrons. The molecule has 1 aliphatic heterocycles. The van der Waals surface area contributed by atoms with Crippen LogP contribution in [0.2, 0.25) is 0 Å². The van der Waals surface area contributed by atoms with Gasteiger partial charge in [-0.15, -0.1) is 0 Å². The van der Waals surface area contributed by atoms with Gasteiger partial charge in [-0.1, -0.05) is 0 Å². The fraction of sp³-hybridized carbons (Fsp3) is 0.353. The van der Waals surface area contributed by atoms with Crippen LogP contribution >= 0.6 is 0 Å². The molecule has 7 heteroatoms. The molecule has 2 aromatic rings. The minimum absolute atomic E-state index is 0.292. The smallest absolute Gasteiger partial charge is 0.316 e. The number of aromatic nitrogens is 2. The summed E-state index contributed by atoms with van der Waals surface area (Å²) in [6.07, 6.45) is 2.01. The van der Waals surface area contributed by atoms with Gasteiger partial charge < -0.3 is 14.7 Å². The molecule has 0 radical (unpaired) electrons. The molecule has 2 heterocycles. The topological polar surface area (TPSA) is 75.5 Å². The summed E-state index contributed by atoms with van der Waals surface area (Å²) in [5, 5.41) is 9.38. The van der Waals surface area contributed by atoms with Crippen molar-refractivity contribution in [1.82, 2.24) is 9.97 Å². The Morgan fingerprint density at radius 1 is 1.50 bits per heavy atom. The van der Waals surface area contributed by atoms with E-state index >= 15 is 0 Å². The Balaban J connectivity index is 1.93. The number of aliphatic carboxylic acids is 1. The number of anilines is 1. The number of rotatable bonds is 4. The fourth-order valence-corrected chi connectivity index (χ4v) is 2.97. The van der Waals surface area contributed by atoms with E-state index in [0.717, 1.165) is 16.9 Å². The van der Waals surface area contributed by atoms with Gasteiger partial charge in [-0.3, -0.25) is 4.79 Å². The summed E-state index contributed by atoms with van der Waals surface area (Å²) >= 11 is 0. The average Bonchev–Trinajstić information content (AvgIpc) is 2.55.